The number of hydrogen-bond acceptors (Lipinski definition) is 5. The van der Waals surface area contributed by atoms with Crippen molar-refractivity contribution >= 4 is 11.6 Å². The molecule has 0 aromatic heterocycles. The lowest BCUT2D eigenvalue weighted by Crippen LogP contribution is -2.30. The summed E-state index contributed by atoms with van der Waals surface area (Å²) in [4.78, 5) is 13.3. The molecule has 0 aliphatic heterocycles. The molecule has 20 heavy (non-hydrogen) atoms. The van der Waals surface area contributed by atoms with E-state index in [9.17, 15) is 4.79 Å². The summed E-state index contributed by atoms with van der Waals surface area (Å²) in [6.07, 6.45) is 0. The number of primary amides is 1. The first-order valence-corrected chi connectivity index (χ1v) is 6.47. The van der Waals surface area contributed by atoms with Gasteiger partial charge in [0.05, 0.1) is 13.2 Å². The molecule has 0 fully saturated rings. The minimum Gasteiger partial charge on any atom is -0.398 e. The zero-order valence-corrected chi connectivity index (χ0v) is 12.1. The summed E-state index contributed by atoms with van der Waals surface area (Å²) in [6, 6.07) is 5.14. The molecule has 6 nitrogen and oxygen atoms in total. The molecule has 0 atom stereocenters. The van der Waals surface area contributed by atoms with Crippen molar-refractivity contribution in [3.63, 3.8) is 0 Å². The van der Waals surface area contributed by atoms with Gasteiger partial charge in [-0.15, -0.1) is 0 Å². The second-order valence-electron chi connectivity index (χ2n) is 4.54. The SMILES string of the molecule is COCCN(CCOC)Cc1ccc(C(N)=O)cc1N. The molecular formula is C14H23N3O3. The molecule has 0 saturated carbocycles. The highest BCUT2D eigenvalue weighted by Gasteiger charge is 2.10. The molecule has 0 unspecified atom stereocenters. The van der Waals surface area contributed by atoms with Crippen LogP contribution >= 0.6 is 0 Å². The molecule has 0 aliphatic carbocycles. The van der Waals surface area contributed by atoms with Crippen molar-refractivity contribution in [2.75, 3.05) is 46.3 Å². The fourth-order valence-corrected chi connectivity index (χ4v) is 1.84. The van der Waals surface area contributed by atoms with Gasteiger partial charge in [-0.25, -0.2) is 0 Å². The van der Waals surface area contributed by atoms with Gasteiger partial charge in [0.2, 0.25) is 5.91 Å². The molecule has 0 radical (unpaired) electrons. The highest BCUT2D eigenvalue weighted by molar-refractivity contribution is 5.93. The maximum absolute atomic E-state index is 11.1. The Morgan fingerprint density at radius 3 is 2.25 bits per heavy atom. The van der Waals surface area contributed by atoms with Gasteiger partial charge in [0.25, 0.3) is 0 Å². The molecule has 4 N–H and O–H groups in total. The van der Waals surface area contributed by atoms with Crippen LogP contribution in [0.5, 0.6) is 0 Å². The number of nitrogens with zero attached hydrogens (tertiary/aromatic N) is 1. The zero-order chi connectivity index (χ0) is 15.0. The van der Waals surface area contributed by atoms with Crippen LogP contribution in [0, 0.1) is 0 Å². The summed E-state index contributed by atoms with van der Waals surface area (Å²) in [6.45, 7) is 3.54. The van der Waals surface area contributed by atoms with E-state index in [1.54, 1.807) is 26.4 Å². The van der Waals surface area contributed by atoms with E-state index in [2.05, 4.69) is 4.90 Å². The molecular weight excluding hydrogens is 258 g/mol. The third-order valence-corrected chi connectivity index (χ3v) is 3.05. The number of carbonyl (C=O) groups excluding carboxylic acids is 1. The highest BCUT2D eigenvalue weighted by Crippen LogP contribution is 2.16. The highest BCUT2D eigenvalue weighted by atomic mass is 16.5. The quantitative estimate of drug-likeness (QED) is 0.642. The summed E-state index contributed by atoms with van der Waals surface area (Å²) in [5.41, 5.74) is 13.1. The normalized spacial score (nSPS) is 10.9. The first-order chi connectivity index (χ1) is 9.58. The molecule has 0 aliphatic rings. The summed E-state index contributed by atoms with van der Waals surface area (Å²) in [5, 5.41) is 0. The van der Waals surface area contributed by atoms with Crippen molar-refractivity contribution in [3.05, 3.63) is 29.3 Å². The minimum atomic E-state index is -0.473. The number of carbonyl (C=O) groups is 1. The van der Waals surface area contributed by atoms with E-state index in [1.165, 1.54) is 0 Å². The predicted octanol–water partition coefficient (Wildman–Crippen LogP) is 0.463. The molecule has 0 spiro atoms. The summed E-state index contributed by atoms with van der Waals surface area (Å²) in [5.74, 6) is -0.473. The number of benzene rings is 1. The number of hydrogen-bond donors (Lipinski definition) is 2. The number of nitrogen functional groups attached to an aromatic ring is 1. The number of rotatable bonds is 9. The van der Waals surface area contributed by atoms with Gasteiger partial charge < -0.3 is 20.9 Å². The fourth-order valence-electron chi connectivity index (χ4n) is 1.84. The first kappa shape index (κ1) is 16.4. The molecule has 1 rings (SSSR count). The molecule has 1 aromatic carbocycles. The molecule has 1 amide bonds. The summed E-state index contributed by atoms with van der Waals surface area (Å²) < 4.78 is 10.2. The third-order valence-electron chi connectivity index (χ3n) is 3.05. The van der Waals surface area contributed by atoms with E-state index in [0.717, 1.165) is 18.7 Å². The van der Waals surface area contributed by atoms with Gasteiger partial charge in [0.15, 0.2) is 0 Å². The van der Waals surface area contributed by atoms with E-state index in [4.69, 9.17) is 20.9 Å². The van der Waals surface area contributed by atoms with E-state index in [1.807, 2.05) is 6.07 Å². The van der Waals surface area contributed by atoms with Crippen LogP contribution in [-0.2, 0) is 16.0 Å². The minimum absolute atomic E-state index is 0.423. The Morgan fingerprint density at radius 1 is 1.20 bits per heavy atom. The van der Waals surface area contributed by atoms with E-state index in [0.29, 0.717) is 31.0 Å². The van der Waals surface area contributed by atoms with Crippen molar-refractivity contribution in [1.82, 2.24) is 4.90 Å². The molecule has 0 bridgehead atoms. The van der Waals surface area contributed by atoms with E-state index < -0.39 is 5.91 Å². The van der Waals surface area contributed by atoms with Gasteiger partial charge in [-0.3, -0.25) is 9.69 Å². The summed E-state index contributed by atoms with van der Waals surface area (Å²) in [7, 11) is 3.34. The van der Waals surface area contributed by atoms with Crippen LogP contribution in [0.4, 0.5) is 5.69 Å². The maximum Gasteiger partial charge on any atom is 0.248 e. The predicted molar refractivity (Wildman–Crippen MR) is 78.4 cm³/mol. The van der Waals surface area contributed by atoms with E-state index in [-0.39, 0.29) is 0 Å². The number of amides is 1. The Balaban J connectivity index is 2.73. The topological polar surface area (TPSA) is 90.8 Å². The average molecular weight is 281 g/mol. The van der Waals surface area contributed by atoms with Crippen LogP contribution in [0.15, 0.2) is 18.2 Å². The van der Waals surface area contributed by atoms with Crippen LogP contribution in [0.3, 0.4) is 0 Å². The standard InChI is InChI=1S/C14H23N3O3/c1-19-7-5-17(6-8-20-2)10-12-4-3-11(14(16)18)9-13(12)15/h3-4,9H,5-8,10,15H2,1-2H3,(H2,16,18). The summed E-state index contributed by atoms with van der Waals surface area (Å²) >= 11 is 0. The second-order valence-corrected chi connectivity index (χ2v) is 4.54. The lowest BCUT2D eigenvalue weighted by Gasteiger charge is -2.22. The van der Waals surface area contributed by atoms with Gasteiger partial charge in [-0.2, -0.15) is 0 Å². The van der Waals surface area contributed by atoms with Crippen molar-refractivity contribution in [2.24, 2.45) is 5.73 Å². The number of anilines is 1. The average Bonchev–Trinajstić information content (AvgIpc) is 2.43. The van der Waals surface area contributed by atoms with Crippen molar-refractivity contribution in [1.29, 1.82) is 0 Å². The Bertz CT molecular complexity index is 430. The Morgan fingerprint density at radius 2 is 1.80 bits per heavy atom. The molecule has 0 saturated heterocycles. The molecule has 112 valence electrons. The van der Waals surface area contributed by atoms with Crippen molar-refractivity contribution in [2.45, 2.75) is 6.54 Å². The zero-order valence-electron chi connectivity index (χ0n) is 12.1. The van der Waals surface area contributed by atoms with Gasteiger partial charge >= 0.3 is 0 Å². The smallest absolute Gasteiger partial charge is 0.248 e. The van der Waals surface area contributed by atoms with Crippen LogP contribution in [0.25, 0.3) is 0 Å². The van der Waals surface area contributed by atoms with Crippen LogP contribution in [0.1, 0.15) is 15.9 Å². The van der Waals surface area contributed by atoms with Crippen molar-refractivity contribution in [3.8, 4) is 0 Å². The number of ether oxygens (including phenoxy) is 2. The van der Waals surface area contributed by atoms with Gasteiger partial charge in [0, 0.05) is 45.1 Å². The van der Waals surface area contributed by atoms with Gasteiger partial charge in [0.1, 0.15) is 0 Å². The number of methoxy groups -OCH3 is 2. The second kappa shape index (κ2) is 8.52. The molecule has 6 heteroatoms. The fraction of sp³-hybridized carbons (Fsp3) is 0.500. The van der Waals surface area contributed by atoms with Crippen molar-refractivity contribution < 1.29 is 14.3 Å². The van der Waals surface area contributed by atoms with E-state index >= 15 is 0 Å². The lowest BCUT2D eigenvalue weighted by molar-refractivity contribution is 0.100. The third kappa shape index (κ3) is 5.16. The maximum atomic E-state index is 11.1. The lowest BCUT2D eigenvalue weighted by atomic mass is 10.1. The Hall–Kier alpha value is -1.63. The Labute approximate surface area is 119 Å². The van der Waals surface area contributed by atoms with Crippen LogP contribution in [0.2, 0.25) is 0 Å². The van der Waals surface area contributed by atoms with Gasteiger partial charge in [-0.05, 0) is 17.7 Å². The number of nitrogens with two attached hydrogens (primary N) is 2. The van der Waals surface area contributed by atoms with Gasteiger partial charge in [-0.1, -0.05) is 6.07 Å². The Kier molecular flexibility index (Phi) is 7.00. The molecule has 0 heterocycles. The molecule has 1 aromatic rings. The monoisotopic (exact) mass is 281 g/mol. The largest absolute Gasteiger partial charge is 0.398 e. The van der Waals surface area contributed by atoms with Crippen LogP contribution < -0.4 is 11.5 Å². The first-order valence-electron chi connectivity index (χ1n) is 6.47. The van der Waals surface area contributed by atoms with Crippen LogP contribution in [-0.4, -0.2) is 51.3 Å².